The minimum atomic E-state index is -5.38. The van der Waals surface area contributed by atoms with Crippen LogP contribution in [0.2, 0.25) is 0 Å². The van der Waals surface area contributed by atoms with E-state index in [0.29, 0.717) is 5.92 Å². The maximum atomic E-state index is 12.4. The summed E-state index contributed by atoms with van der Waals surface area (Å²) in [6.45, 7) is 5.52. The molecule has 4 nitrogen and oxygen atoms in total. The van der Waals surface area contributed by atoms with Crippen molar-refractivity contribution in [1.29, 1.82) is 0 Å². The van der Waals surface area contributed by atoms with Crippen LogP contribution in [0.1, 0.15) is 31.7 Å². The van der Waals surface area contributed by atoms with Gasteiger partial charge in [-0.2, -0.15) is 21.6 Å². The Labute approximate surface area is 122 Å². The van der Waals surface area contributed by atoms with Crippen LogP contribution >= 0.6 is 0 Å². The van der Waals surface area contributed by atoms with Crippen molar-refractivity contribution in [2.24, 2.45) is 0 Å². The molecule has 0 bridgehead atoms. The van der Waals surface area contributed by atoms with Gasteiger partial charge in [0.25, 0.3) is 0 Å². The maximum absolute atomic E-state index is 12.4. The van der Waals surface area contributed by atoms with Gasteiger partial charge in [-0.25, -0.2) is 0 Å². The average Bonchev–Trinajstić information content (AvgIpc) is 2.37. The largest absolute Gasteiger partial charge is 0.516 e. The molecular weight excluding hydrogens is 305 g/mol. The molecule has 0 amide bonds. The minimum Gasteiger partial charge on any atom is -0.371 e. The van der Waals surface area contributed by atoms with E-state index < -0.39 is 15.5 Å². The molecule has 1 unspecified atom stereocenters. The molecule has 1 atom stereocenters. The van der Waals surface area contributed by atoms with E-state index in [4.69, 9.17) is 0 Å². The number of anilines is 2. The van der Waals surface area contributed by atoms with Crippen LogP contribution in [-0.2, 0) is 10.0 Å². The number of nitrogens with zero attached hydrogens (tertiary/aromatic N) is 1. The van der Waals surface area contributed by atoms with Crippen LogP contribution in [0.4, 0.5) is 24.5 Å². The third-order valence-electron chi connectivity index (χ3n) is 3.67. The van der Waals surface area contributed by atoms with Crippen molar-refractivity contribution in [1.82, 2.24) is 0 Å². The van der Waals surface area contributed by atoms with Crippen molar-refractivity contribution < 1.29 is 21.6 Å². The van der Waals surface area contributed by atoms with E-state index in [9.17, 15) is 21.6 Å². The molecule has 1 heterocycles. The summed E-state index contributed by atoms with van der Waals surface area (Å²) in [6, 6.07) is 4.53. The highest BCUT2D eigenvalue weighted by Gasteiger charge is 2.46. The first-order valence-electron chi connectivity index (χ1n) is 6.63. The van der Waals surface area contributed by atoms with Crippen LogP contribution < -0.4 is 9.62 Å². The number of benzene rings is 1. The number of rotatable bonds is 3. The number of alkyl halides is 3. The Balaban J connectivity index is 2.37. The third kappa shape index (κ3) is 3.09. The number of halogens is 3. The van der Waals surface area contributed by atoms with Crippen molar-refractivity contribution in [3.05, 3.63) is 23.8 Å². The Morgan fingerprint density at radius 1 is 1.38 bits per heavy atom. The molecular formula is C13H17F3N2O2S. The van der Waals surface area contributed by atoms with Crippen molar-refractivity contribution in [2.75, 3.05) is 22.7 Å². The smallest absolute Gasteiger partial charge is 0.371 e. The standard InChI is InChI=1S/C13H17F3N2O2S/c1-3-18-7-6-9(2)11-5-4-10(8-12(11)18)17-21(19,20)13(14,15)16/h4-5,8-9,17H,3,6-7H2,1-2H3. The number of fused-ring (bicyclic) bond motifs is 1. The van der Waals surface area contributed by atoms with Crippen molar-refractivity contribution >= 4 is 21.4 Å². The Morgan fingerprint density at radius 2 is 2.05 bits per heavy atom. The van der Waals surface area contributed by atoms with Crippen LogP contribution in [0.3, 0.4) is 0 Å². The summed E-state index contributed by atoms with van der Waals surface area (Å²) in [6.07, 6.45) is 0.967. The second kappa shape index (κ2) is 5.40. The van der Waals surface area contributed by atoms with Crippen LogP contribution in [0.25, 0.3) is 0 Å². The van der Waals surface area contributed by atoms with Gasteiger partial charge in [0.1, 0.15) is 0 Å². The maximum Gasteiger partial charge on any atom is 0.516 e. The first-order chi connectivity index (χ1) is 9.65. The van der Waals surface area contributed by atoms with Crippen LogP contribution in [-0.4, -0.2) is 27.0 Å². The van der Waals surface area contributed by atoms with E-state index in [1.165, 1.54) is 12.1 Å². The summed E-state index contributed by atoms with van der Waals surface area (Å²) in [5.41, 5.74) is -3.57. The predicted molar refractivity (Wildman–Crippen MR) is 76.0 cm³/mol. The first-order valence-corrected chi connectivity index (χ1v) is 8.12. The van der Waals surface area contributed by atoms with Gasteiger partial charge in [0.05, 0.1) is 5.69 Å². The van der Waals surface area contributed by atoms with Crippen LogP contribution in [0.15, 0.2) is 18.2 Å². The fourth-order valence-electron chi connectivity index (χ4n) is 2.46. The van der Waals surface area contributed by atoms with Gasteiger partial charge < -0.3 is 4.90 Å². The molecule has 0 spiro atoms. The summed E-state index contributed by atoms with van der Waals surface area (Å²) in [4.78, 5) is 2.03. The second-order valence-corrected chi connectivity index (χ2v) is 6.77. The van der Waals surface area contributed by atoms with Crippen LogP contribution in [0.5, 0.6) is 0 Å². The lowest BCUT2D eigenvalue weighted by Crippen LogP contribution is -2.32. The van der Waals surface area contributed by atoms with Crippen molar-refractivity contribution in [2.45, 2.75) is 31.7 Å². The van der Waals surface area contributed by atoms with Crippen molar-refractivity contribution in [3.63, 3.8) is 0 Å². The van der Waals surface area contributed by atoms with Gasteiger partial charge in [-0.15, -0.1) is 0 Å². The molecule has 0 aliphatic carbocycles. The molecule has 1 aromatic rings. The predicted octanol–water partition coefficient (Wildman–Crippen LogP) is 3.28. The van der Waals surface area contributed by atoms with Gasteiger partial charge >= 0.3 is 15.5 Å². The number of nitrogens with one attached hydrogen (secondary N) is 1. The van der Waals surface area contributed by atoms with Crippen molar-refractivity contribution in [3.8, 4) is 0 Å². The van der Waals surface area contributed by atoms with Gasteiger partial charge in [-0.05, 0) is 37.0 Å². The number of hydrogen-bond donors (Lipinski definition) is 1. The highest BCUT2D eigenvalue weighted by atomic mass is 32.2. The third-order valence-corrected chi connectivity index (χ3v) is 4.79. The molecule has 0 aromatic heterocycles. The van der Waals surface area contributed by atoms with Gasteiger partial charge in [0.15, 0.2) is 0 Å². The molecule has 8 heteroatoms. The molecule has 118 valence electrons. The molecule has 2 rings (SSSR count). The number of sulfonamides is 1. The lowest BCUT2D eigenvalue weighted by atomic mass is 9.91. The first kappa shape index (κ1) is 15.9. The summed E-state index contributed by atoms with van der Waals surface area (Å²) >= 11 is 0. The van der Waals surface area contributed by atoms with Gasteiger partial charge in [0.2, 0.25) is 0 Å². The zero-order valence-electron chi connectivity index (χ0n) is 11.7. The zero-order valence-corrected chi connectivity index (χ0v) is 12.6. The summed E-state index contributed by atoms with van der Waals surface area (Å²) < 4.78 is 61.1. The van der Waals surface area contributed by atoms with Gasteiger partial charge in [-0.1, -0.05) is 13.0 Å². The molecule has 1 aromatic carbocycles. The Kier molecular flexibility index (Phi) is 4.10. The average molecular weight is 322 g/mol. The molecule has 0 saturated heterocycles. The van der Waals surface area contributed by atoms with E-state index in [2.05, 4.69) is 0 Å². The SMILES string of the molecule is CCN1CCC(C)c2ccc(NS(=O)(=O)C(F)(F)F)cc21. The fraction of sp³-hybridized carbons (Fsp3) is 0.538. The fourth-order valence-corrected chi connectivity index (χ4v) is 3.02. The summed E-state index contributed by atoms with van der Waals surface area (Å²) in [5, 5.41) is 0. The topological polar surface area (TPSA) is 49.4 Å². The summed E-state index contributed by atoms with van der Waals surface area (Å²) in [7, 11) is -5.38. The second-order valence-electron chi connectivity index (χ2n) is 5.09. The van der Waals surface area contributed by atoms with E-state index in [-0.39, 0.29) is 5.69 Å². The normalized spacial score (nSPS) is 19.3. The Bertz CT molecular complexity index is 629. The van der Waals surface area contributed by atoms with E-state index in [1.807, 2.05) is 18.7 Å². The van der Waals surface area contributed by atoms with E-state index in [1.54, 1.807) is 10.8 Å². The highest BCUT2D eigenvalue weighted by molar-refractivity contribution is 7.93. The Hall–Kier alpha value is -1.44. The highest BCUT2D eigenvalue weighted by Crippen LogP contribution is 2.37. The Morgan fingerprint density at radius 3 is 2.62 bits per heavy atom. The van der Waals surface area contributed by atoms with E-state index >= 15 is 0 Å². The molecule has 1 N–H and O–H groups in total. The lowest BCUT2D eigenvalue weighted by molar-refractivity contribution is -0.0429. The quantitative estimate of drug-likeness (QED) is 0.929. The number of hydrogen-bond acceptors (Lipinski definition) is 3. The monoisotopic (exact) mass is 322 g/mol. The molecule has 0 radical (unpaired) electrons. The van der Waals surface area contributed by atoms with Crippen LogP contribution in [0, 0.1) is 0 Å². The minimum absolute atomic E-state index is 0.0707. The zero-order chi connectivity index (χ0) is 15.8. The summed E-state index contributed by atoms with van der Waals surface area (Å²) in [5.74, 6) is 0.302. The molecule has 1 aliphatic rings. The molecule has 1 aliphatic heterocycles. The van der Waals surface area contributed by atoms with E-state index in [0.717, 1.165) is 30.8 Å². The molecule has 0 saturated carbocycles. The lowest BCUT2D eigenvalue weighted by Gasteiger charge is -2.34. The molecule has 21 heavy (non-hydrogen) atoms. The van der Waals surface area contributed by atoms with Gasteiger partial charge in [-0.3, -0.25) is 4.72 Å². The van der Waals surface area contributed by atoms with Gasteiger partial charge in [0, 0.05) is 18.8 Å². The molecule has 0 fully saturated rings.